The molecule has 0 bridgehead atoms. The van der Waals surface area contributed by atoms with Gasteiger partial charge in [-0.05, 0) is 44.5 Å². The van der Waals surface area contributed by atoms with Gasteiger partial charge >= 0.3 is 0 Å². The number of hydrogen-bond acceptors (Lipinski definition) is 6. The van der Waals surface area contributed by atoms with Crippen molar-refractivity contribution in [2.45, 2.75) is 50.8 Å². The summed E-state index contributed by atoms with van der Waals surface area (Å²) < 4.78 is 12.0. The number of nitrogens with zero attached hydrogens (tertiary/aromatic N) is 1. The lowest BCUT2D eigenvalue weighted by Crippen LogP contribution is -2.57. The summed E-state index contributed by atoms with van der Waals surface area (Å²) in [6.07, 6.45) is 3.32. The van der Waals surface area contributed by atoms with E-state index in [0.717, 1.165) is 46.4 Å². The maximum Gasteiger partial charge on any atom is 0.206 e. The Morgan fingerprint density at radius 3 is 2.71 bits per heavy atom. The van der Waals surface area contributed by atoms with Gasteiger partial charge in [0.05, 0.1) is 7.11 Å². The first-order valence-corrected chi connectivity index (χ1v) is 11.5. The van der Waals surface area contributed by atoms with Crippen molar-refractivity contribution in [3.8, 4) is 17.2 Å². The first-order valence-electron chi connectivity index (χ1n) is 10.5. The van der Waals surface area contributed by atoms with Crippen LogP contribution in [0.25, 0.3) is 0 Å². The highest BCUT2D eigenvalue weighted by Crippen LogP contribution is 2.51. The molecule has 2 aromatic rings. The summed E-state index contributed by atoms with van der Waals surface area (Å²) in [7, 11) is 1.67. The van der Waals surface area contributed by atoms with E-state index in [0.29, 0.717) is 0 Å². The van der Waals surface area contributed by atoms with Crippen LogP contribution >= 0.6 is 11.8 Å². The van der Waals surface area contributed by atoms with Crippen molar-refractivity contribution in [3.63, 3.8) is 0 Å². The van der Waals surface area contributed by atoms with Gasteiger partial charge in [-0.3, -0.25) is 0 Å². The fourth-order valence-corrected chi connectivity index (χ4v) is 5.42. The van der Waals surface area contributed by atoms with Gasteiger partial charge in [0.25, 0.3) is 0 Å². The van der Waals surface area contributed by atoms with E-state index < -0.39 is 5.72 Å². The SMILES string of the molecule is C=CCSC1=N[C@@]2(C[C@H](c3ccc(OC)cc3)c3ccc(O)c(C)c3O2)CC(C)(C)N1. The maximum absolute atomic E-state index is 10.4. The highest BCUT2D eigenvalue weighted by Gasteiger charge is 2.48. The lowest BCUT2D eigenvalue weighted by atomic mass is 9.77. The van der Waals surface area contributed by atoms with Crippen LogP contribution in [0.15, 0.2) is 54.0 Å². The maximum atomic E-state index is 10.4. The van der Waals surface area contributed by atoms with E-state index in [-0.39, 0.29) is 17.2 Å². The summed E-state index contributed by atoms with van der Waals surface area (Å²) in [6.45, 7) is 10.1. The molecule has 0 saturated heterocycles. The second-order valence-corrected chi connectivity index (χ2v) is 9.92. The first kappa shape index (κ1) is 21.6. The van der Waals surface area contributed by atoms with E-state index in [1.54, 1.807) is 24.9 Å². The summed E-state index contributed by atoms with van der Waals surface area (Å²) >= 11 is 1.63. The Balaban J connectivity index is 1.83. The molecule has 164 valence electrons. The van der Waals surface area contributed by atoms with Crippen LogP contribution in [0.2, 0.25) is 0 Å². The molecule has 31 heavy (non-hydrogen) atoms. The molecule has 1 spiro atoms. The van der Waals surface area contributed by atoms with Crippen LogP contribution in [-0.2, 0) is 0 Å². The molecule has 2 N–H and O–H groups in total. The Morgan fingerprint density at radius 2 is 2.03 bits per heavy atom. The average Bonchev–Trinajstić information content (AvgIpc) is 2.73. The van der Waals surface area contributed by atoms with Gasteiger partial charge in [0.1, 0.15) is 17.2 Å². The number of fused-ring (bicyclic) bond motifs is 1. The quantitative estimate of drug-likeness (QED) is 0.629. The van der Waals surface area contributed by atoms with Gasteiger partial charge in [0.15, 0.2) is 5.17 Å². The van der Waals surface area contributed by atoms with Gasteiger partial charge in [-0.2, -0.15) is 0 Å². The Kier molecular flexibility index (Phi) is 5.69. The molecule has 0 aliphatic carbocycles. The van der Waals surface area contributed by atoms with Crippen molar-refractivity contribution in [2.24, 2.45) is 4.99 Å². The van der Waals surface area contributed by atoms with Gasteiger partial charge < -0.3 is 19.9 Å². The van der Waals surface area contributed by atoms with Crippen LogP contribution in [0, 0.1) is 6.92 Å². The van der Waals surface area contributed by atoms with E-state index in [1.165, 1.54) is 5.56 Å². The number of hydrogen-bond donors (Lipinski definition) is 2. The number of phenolic OH excluding ortho intramolecular Hbond substituents is 1. The Morgan fingerprint density at radius 1 is 1.29 bits per heavy atom. The van der Waals surface area contributed by atoms with Gasteiger partial charge in [-0.15, -0.1) is 6.58 Å². The second-order valence-electron chi connectivity index (χ2n) is 8.91. The Hall–Kier alpha value is -2.60. The minimum atomic E-state index is -0.714. The van der Waals surface area contributed by atoms with Gasteiger partial charge in [0.2, 0.25) is 5.72 Å². The van der Waals surface area contributed by atoms with Crippen molar-refractivity contribution < 1.29 is 14.6 Å². The molecule has 0 radical (unpaired) electrons. The van der Waals surface area contributed by atoms with Crippen LogP contribution in [0.5, 0.6) is 17.2 Å². The Labute approximate surface area is 188 Å². The fourth-order valence-electron chi connectivity index (χ4n) is 4.57. The number of aromatic hydroxyl groups is 1. The van der Waals surface area contributed by atoms with Crippen LogP contribution in [0.1, 0.15) is 49.3 Å². The summed E-state index contributed by atoms with van der Waals surface area (Å²) in [6, 6.07) is 11.9. The highest BCUT2D eigenvalue weighted by molar-refractivity contribution is 8.13. The number of phenols is 1. The third-order valence-electron chi connectivity index (χ3n) is 5.92. The predicted molar refractivity (Wildman–Crippen MR) is 128 cm³/mol. The first-order chi connectivity index (χ1) is 14.8. The smallest absolute Gasteiger partial charge is 0.206 e. The van der Waals surface area contributed by atoms with Crippen LogP contribution < -0.4 is 14.8 Å². The van der Waals surface area contributed by atoms with Crippen LogP contribution in [0.4, 0.5) is 0 Å². The van der Waals surface area contributed by atoms with Crippen molar-refractivity contribution >= 4 is 16.9 Å². The zero-order valence-electron chi connectivity index (χ0n) is 18.6. The molecule has 0 amide bonds. The largest absolute Gasteiger partial charge is 0.508 e. The molecule has 4 rings (SSSR count). The molecule has 0 fully saturated rings. The number of rotatable bonds is 4. The summed E-state index contributed by atoms with van der Waals surface area (Å²) in [4.78, 5) is 5.08. The van der Waals surface area contributed by atoms with E-state index in [4.69, 9.17) is 14.5 Å². The lowest BCUT2D eigenvalue weighted by Gasteiger charge is -2.47. The molecule has 6 heteroatoms. The van der Waals surface area contributed by atoms with Gasteiger partial charge in [-0.25, -0.2) is 4.99 Å². The molecule has 2 aromatic carbocycles. The topological polar surface area (TPSA) is 63.1 Å². The molecule has 0 aromatic heterocycles. The number of aliphatic imine (C=N–C) groups is 1. The predicted octanol–water partition coefficient (Wildman–Crippen LogP) is 5.37. The number of ether oxygens (including phenoxy) is 2. The third kappa shape index (κ3) is 4.26. The molecule has 2 aliphatic rings. The molecule has 0 saturated carbocycles. The monoisotopic (exact) mass is 438 g/mol. The van der Waals surface area contributed by atoms with E-state index in [9.17, 15) is 5.11 Å². The van der Waals surface area contributed by atoms with Crippen molar-refractivity contribution in [3.05, 3.63) is 65.7 Å². The lowest BCUT2D eigenvalue weighted by molar-refractivity contribution is 0.0126. The number of thioether (sulfide) groups is 1. The highest BCUT2D eigenvalue weighted by atomic mass is 32.2. The number of benzene rings is 2. The molecule has 2 atom stereocenters. The molecule has 0 unspecified atom stereocenters. The molecular formula is C25H30N2O3S. The molecule has 2 aliphatic heterocycles. The summed E-state index contributed by atoms with van der Waals surface area (Å²) in [5.74, 6) is 2.68. The standard InChI is InChI=1S/C25H30N2O3S/c1-6-13-31-23-26-24(3,4)15-25(27-23)14-20(17-7-9-18(29-5)10-8-17)19-11-12-21(28)16(2)22(19)30-25/h6-12,20,28H,1,13-15H2,2-5H3,(H,26,27)/t20-,25-/m1/s1. The average molecular weight is 439 g/mol. The Bertz CT molecular complexity index is 1020. The summed E-state index contributed by atoms with van der Waals surface area (Å²) in [5.41, 5.74) is 2.12. The van der Waals surface area contributed by atoms with E-state index in [2.05, 4.69) is 37.9 Å². The van der Waals surface area contributed by atoms with Crippen molar-refractivity contribution in [1.29, 1.82) is 0 Å². The zero-order chi connectivity index (χ0) is 22.2. The van der Waals surface area contributed by atoms with E-state index >= 15 is 0 Å². The molecule has 5 nitrogen and oxygen atoms in total. The minimum Gasteiger partial charge on any atom is -0.508 e. The van der Waals surface area contributed by atoms with Crippen molar-refractivity contribution in [2.75, 3.05) is 12.9 Å². The van der Waals surface area contributed by atoms with Crippen LogP contribution in [0.3, 0.4) is 0 Å². The number of amidine groups is 1. The van der Waals surface area contributed by atoms with Gasteiger partial charge in [-0.1, -0.05) is 36.0 Å². The normalized spacial score (nSPS) is 23.9. The minimum absolute atomic E-state index is 0.0947. The van der Waals surface area contributed by atoms with E-state index in [1.807, 2.05) is 31.2 Å². The third-order valence-corrected chi connectivity index (χ3v) is 6.79. The summed E-state index contributed by atoms with van der Waals surface area (Å²) in [5, 5.41) is 14.8. The number of methoxy groups -OCH3 is 1. The fraction of sp³-hybridized carbons (Fsp3) is 0.400. The van der Waals surface area contributed by atoms with Crippen LogP contribution in [-0.4, -0.2) is 34.4 Å². The number of nitrogens with one attached hydrogen (secondary N) is 1. The zero-order valence-corrected chi connectivity index (χ0v) is 19.4. The molecular weight excluding hydrogens is 408 g/mol. The van der Waals surface area contributed by atoms with Gasteiger partial charge in [0, 0.05) is 41.2 Å². The second kappa shape index (κ2) is 8.15. The molecule has 2 heterocycles. The van der Waals surface area contributed by atoms with Crippen molar-refractivity contribution in [1.82, 2.24) is 5.32 Å².